The Labute approximate surface area is 149 Å². The van der Waals surface area contributed by atoms with Crippen LogP contribution in [0.4, 0.5) is 10.9 Å². The Morgan fingerprint density at radius 3 is 2.79 bits per heavy atom. The molecular weight excluding hydrogens is 346 g/mol. The Bertz CT molecular complexity index is 836. The van der Waals surface area contributed by atoms with Crippen LogP contribution >= 0.6 is 22.9 Å². The zero-order valence-corrected chi connectivity index (χ0v) is 15.0. The molecule has 0 saturated carbocycles. The molecular formula is C16H16ClN5OS. The van der Waals surface area contributed by atoms with Crippen molar-refractivity contribution in [2.75, 3.05) is 23.3 Å². The molecule has 1 aliphatic rings. The quantitative estimate of drug-likeness (QED) is 0.904. The molecule has 0 spiro atoms. The average molecular weight is 362 g/mol. The van der Waals surface area contributed by atoms with E-state index in [1.165, 1.54) is 17.5 Å². The maximum absolute atomic E-state index is 12.6. The minimum absolute atomic E-state index is 0.126. The highest BCUT2D eigenvalue weighted by Gasteiger charge is 2.21. The summed E-state index contributed by atoms with van der Waals surface area (Å²) in [6, 6.07) is 2.13. The molecule has 3 heterocycles. The molecule has 6 nitrogen and oxygen atoms in total. The van der Waals surface area contributed by atoms with Crippen molar-refractivity contribution in [1.82, 2.24) is 9.97 Å². The van der Waals surface area contributed by atoms with Crippen LogP contribution in [-0.4, -0.2) is 29.0 Å². The van der Waals surface area contributed by atoms with E-state index in [9.17, 15) is 10.1 Å². The van der Waals surface area contributed by atoms with Gasteiger partial charge in [-0.3, -0.25) is 4.79 Å². The lowest BCUT2D eigenvalue weighted by molar-refractivity contribution is 0.102. The van der Waals surface area contributed by atoms with Gasteiger partial charge in [-0.1, -0.05) is 11.6 Å². The van der Waals surface area contributed by atoms with Crippen molar-refractivity contribution in [3.05, 3.63) is 32.9 Å². The van der Waals surface area contributed by atoms with E-state index >= 15 is 0 Å². The third-order valence-electron chi connectivity index (χ3n) is 4.06. The number of aryl methyl sites for hydroxylation is 1. The van der Waals surface area contributed by atoms with E-state index in [0.717, 1.165) is 36.4 Å². The number of amides is 1. The highest BCUT2D eigenvalue weighted by molar-refractivity contribution is 7.16. The summed E-state index contributed by atoms with van der Waals surface area (Å²) in [5.74, 6) is 0.0849. The van der Waals surface area contributed by atoms with Crippen LogP contribution in [0.25, 0.3) is 0 Å². The van der Waals surface area contributed by atoms with Crippen molar-refractivity contribution in [3.63, 3.8) is 0 Å². The predicted octanol–water partition coefficient (Wildman–Crippen LogP) is 3.53. The van der Waals surface area contributed by atoms with Gasteiger partial charge < -0.3 is 10.2 Å². The second-order valence-electron chi connectivity index (χ2n) is 5.61. The fourth-order valence-corrected chi connectivity index (χ4v) is 3.78. The monoisotopic (exact) mass is 361 g/mol. The van der Waals surface area contributed by atoms with Crippen LogP contribution in [0.1, 0.15) is 39.3 Å². The zero-order valence-electron chi connectivity index (χ0n) is 13.4. The second kappa shape index (κ2) is 6.75. The minimum Gasteiger partial charge on any atom is -0.341 e. The fourth-order valence-electron chi connectivity index (χ4n) is 2.60. The van der Waals surface area contributed by atoms with Gasteiger partial charge in [-0.2, -0.15) is 5.26 Å². The maximum atomic E-state index is 12.6. The standard InChI is InChI=1S/C16H16ClN5OS/c1-9-10(2)24-15(11(9)7-18)21-14(23)13-12(17)8-19-16(20-13)22-5-3-4-6-22/h8H,3-6H2,1-2H3,(H,21,23). The van der Waals surface area contributed by atoms with Gasteiger partial charge >= 0.3 is 0 Å². The smallest absolute Gasteiger partial charge is 0.276 e. The highest BCUT2D eigenvalue weighted by atomic mass is 35.5. The Balaban J connectivity index is 1.89. The van der Waals surface area contributed by atoms with E-state index < -0.39 is 5.91 Å². The summed E-state index contributed by atoms with van der Waals surface area (Å²) < 4.78 is 0. The van der Waals surface area contributed by atoms with E-state index in [1.807, 2.05) is 18.7 Å². The van der Waals surface area contributed by atoms with E-state index in [2.05, 4.69) is 21.4 Å². The summed E-state index contributed by atoms with van der Waals surface area (Å²) >= 11 is 7.48. The summed E-state index contributed by atoms with van der Waals surface area (Å²) in [5, 5.41) is 12.8. The van der Waals surface area contributed by atoms with Crippen LogP contribution in [0.3, 0.4) is 0 Å². The van der Waals surface area contributed by atoms with Gasteiger partial charge in [0.25, 0.3) is 5.91 Å². The first-order chi connectivity index (χ1) is 11.5. The summed E-state index contributed by atoms with van der Waals surface area (Å²) in [5.41, 5.74) is 1.49. The number of nitrogens with one attached hydrogen (secondary N) is 1. The van der Waals surface area contributed by atoms with E-state index in [0.29, 0.717) is 16.5 Å². The Morgan fingerprint density at radius 2 is 2.12 bits per heavy atom. The average Bonchev–Trinajstić information content (AvgIpc) is 3.17. The molecule has 0 aromatic carbocycles. The molecule has 2 aromatic heterocycles. The van der Waals surface area contributed by atoms with Gasteiger partial charge in [0.2, 0.25) is 5.95 Å². The molecule has 124 valence electrons. The molecule has 8 heteroatoms. The second-order valence-corrected chi connectivity index (χ2v) is 7.25. The van der Waals surface area contributed by atoms with Crippen molar-refractivity contribution in [2.45, 2.75) is 26.7 Å². The molecule has 1 aliphatic heterocycles. The summed E-state index contributed by atoms with van der Waals surface area (Å²) in [6.45, 7) is 5.54. The van der Waals surface area contributed by atoms with Crippen molar-refractivity contribution >= 4 is 39.8 Å². The third-order valence-corrected chi connectivity index (χ3v) is 5.46. The fraction of sp³-hybridized carbons (Fsp3) is 0.375. The van der Waals surface area contributed by atoms with Gasteiger partial charge in [0.1, 0.15) is 11.1 Å². The van der Waals surface area contributed by atoms with Crippen molar-refractivity contribution in [2.24, 2.45) is 0 Å². The van der Waals surface area contributed by atoms with Gasteiger partial charge in [0.05, 0.1) is 16.8 Å². The Hall–Kier alpha value is -2.17. The van der Waals surface area contributed by atoms with Crippen LogP contribution in [0.15, 0.2) is 6.20 Å². The lowest BCUT2D eigenvalue weighted by Gasteiger charge is -2.15. The molecule has 1 N–H and O–H groups in total. The SMILES string of the molecule is Cc1sc(NC(=O)c2nc(N3CCCC3)ncc2Cl)c(C#N)c1C. The van der Waals surface area contributed by atoms with Crippen LogP contribution in [0, 0.1) is 25.2 Å². The summed E-state index contributed by atoms with van der Waals surface area (Å²) in [6.07, 6.45) is 3.63. The molecule has 2 aromatic rings. The lowest BCUT2D eigenvalue weighted by atomic mass is 10.2. The molecule has 3 rings (SSSR count). The number of nitriles is 1. The molecule has 0 bridgehead atoms. The summed E-state index contributed by atoms with van der Waals surface area (Å²) in [7, 11) is 0. The van der Waals surface area contributed by atoms with Crippen molar-refractivity contribution < 1.29 is 4.79 Å². The molecule has 1 amide bonds. The number of hydrogen-bond donors (Lipinski definition) is 1. The van der Waals surface area contributed by atoms with Crippen LogP contribution < -0.4 is 10.2 Å². The first kappa shape index (κ1) is 16.7. The van der Waals surface area contributed by atoms with Gasteiger partial charge in [0, 0.05) is 18.0 Å². The highest BCUT2D eigenvalue weighted by Crippen LogP contribution is 2.32. The number of anilines is 2. The first-order valence-electron chi connectivity index (χ1n) is 7.60. The van der Waals surface area contributed by atoms with Crippen LogP contribution in [0.5, 0.6) is 0 Å². The van der Waals surface area contributed by atoms with E-state index in [-0.39, 0.29) is 10.7 Å². The Morgan fingerprint density at radius 1 is 1.42 bits per heavy atom. The molecule has 1 saturated heterocycles. The minimum atomic E-state index is -0.430. The normalized spacial score (nSPS) is 13.8. The van der Waals surface area contributed by atoms with Gasteiger partial charge in [-0.25, -0.2) is 9.97 Å². The summed E-state index contributed by atoms with van der Waals surface area (Å²) in [4.78, 5) is 24.2. The number of rotatable bonds is 3. The maximum Gasteiger partial charge on any atom is 0.276 e. The number of halogens is 1. The third kappa shape index (κ3) is 3.07. The zero-order chi connectivity index (χ0) is 17.3. The molecule has 24 heavy (non-hydrogen) atoms. The molecule has 0 unspecified atom stereocenters. The molecule has 0 aliphatic carbocycles. The van der Waals surface area contributed by atoms with E-state index in [1.54, 1.807) is 0 Å². The predicted molar refractivity (Wildman–Crippen MR) is 95.0 cm³/mol. The van der Waals surface area contributed by atoms with Crippen LogP contribution in [-0.2, 0) is 0 Å². The largest absolute Gasteiger partial charge is 0.341 e. The number of aromatic nitrogens is 2. The molecule has 1 fully saturated rings. The van der Waals surface area contributed by atoms with Gasteiger partial charge in [-0.05, 0) is 32.3 Å². The Kier molecular flexibility index (Phi) is 4.69. The first-order valence-corrected chi connectivity index (χ1v) is 8.79. The van der Waals surface area contributed by atoms with Crippen molar-refractivity contribution in [3.8, 4) is 6.07 Å². The van der Waals surface area contributed by atoms with E-state index in [4.69, 9.17) is 11.6 Å². The van der Waals surface area contributed by atoms with Gasteiger partial charge in [0.15, 0.2) is 5.69 Å². The number of hydrogen-bond acceptors (Lipinski definition) is 6. The number of thiophene rings is 1. The molecule has 0 radical (unpaired) electrons. The lowest BCUT2D eigenvalue weighted by Crippen LogP contribution is -2.23. The number of carbonyl (C=O) groups excluding carboxylic acids is 1. The van der Waals surface area contributed by atoms with Crippen LogP contribution in [0.2, 0.25) is 5.02 Å². The number of nitrogens with zero attached hydrogens (tertiary/aromatic N) is 4. The topological polar surface area (TPSA) is 81.9 Å². The molecule has 0 atom stereocenters. The van der Waals surface area contributed by atoms with Gasteiger partial charge in [-0.15, -0.1) is 11.3 Å². The number of carbonyl (C=O) groups is 1. The van der Waals surface area contributed by atoms with Crippen molar-refractivity contribution in [1.29, 1.82) is 5.26 Å².